The number of carbonyl (C=O) groups excluding carboxylic acids is 1. The van der Waals surface area contributed by atoms with Crippen LogP contribution in [-0.2, 0) is 15.9 Å². The van der Waals surface area contributed by atoms with Gasteiger partial charge in [0.25, 0.3) is 0 Å². The molecule has 2 rings (SSSR count). The second-order valence-corrected chi connectivity index (χ2v) is 4.50. The maximum Gasteiger partial charge on any atom is 0.508 e. The summed E-state index contributed by atoms with van der Waals surface area (Å²) in [5, 5.41) is 0. The van der Waals surface area contributed by atoms with Crippen molar-refractivity contribution < 1.29 is 14.3 Å². The fourth-order valence-corrected chi connectivity index (χ4v) is 1.87. The predicted octanol–water partition coefficient (Wildman–Crippen LogP) is 4.14. The molecule has 0 spiro atoms. The summed E-state index contributed by atoms with van der Waals surface area (Å²) in [6.45, 7) is 2.15. The van der Waals surface area contributed by atoms with E-state index in [4.69, 9.17) is 9.47 Å². The molecule has 104 valence electrons. The molecule has 0 aliphatic heterocycles. The fraction of sp³-hybridized carbons (Fsp3) is 0.235. The first-order valence-electron chi connectivity index (χ1n) is 6.68. The van der Waals surface area contributed by atoms with Crippen LogP contribution in [0.25, 0.3) is 0 Å². The van der Waals surface area contributed by atoms with E-state index in [1.54, 1.807) is 0 Å². The van der Waals surface area contributed by atoms with Crippen LogP contribution in [0.5, 0.6) is 0 Å². The fourth-order valence-electron chi connectivity index (χ4n) is 1.87. The minimum atomic E-state index is -0.628. The van der Waals surface area contributed by atoms with Crippen LogP contribution in [0.3, 0.4) is 0 Å². The molecule has 0 heterocycles. The van der Waals surface area contributed by atoms with Gasteiger partial charge in [0.1, 0.15) is 6.10 Å². The Morgan fingerprint density at radius 3 is 2.25 bits per heavy atom. The molecule has 20 heavy (non-hydrogen) atoms. The summed E-state index contributed by atoms with van der Waals surface area (Å²) in [6.07, 6.45) is -0.243. The van der Waals surface area contributed by atoms with Crippen molar-refractivity contribution in [3.63, 3.8) is 0 Å². The van der Waals surface area contributed by atoms with Crippen molar-refractivity contribution in [2.24, 2.45) is 0 Å². The van der Waals surface area contributed by atoms with Crippen molar-refractivity contribution in [1.29, 1.82) is 0 Å². The quantitative estimate of drug-likeness (QED) is 0.766. The maximum atomic E-state index is 11.6. The van der Waals surface area contributed by atoms with Crippen molar-refractivity contribution in [3.05, 3.63) is 71.8 Å². The molecule has 0 aromatic heterocycles. The molecule has 0 saturated carbocycles. The lowest BCUT2D eigenvalue weighted by Gasteiger charge is -2.13. The molecule has 1 unspecified atom stereocenters. The Morgan fingerprint density at radius 2 is 1.60 bits per heavy atom. The monoisotopic (exact) mass is 270 g/mol. The van der Waals surface area contributed by atoms with E-state index in [9.17, 15) is 4.79 Å². The van der Waals surface area contributed by atoms with Gasteiger partial charge in [0, 0.05) is 6.42 Å². The number of ether oxygens (including phenoxy) is 2. The molecule has 2 aromatic rings. The largest absolute Gasteiger partial charge is 0.508 e. The smallest absolute Gasteiger partial charge is 0.434 e. The number of rotatable bonds is 5. The van der Waals surface area contributed by atoms with E-state index in [-0.39, 0.29) is 6.10 Å². The summed E-state index contributed by atoms with van der Waals surface area (Å²) in [7, 11) is 0. The Kier molecular flexibility index (Phi) is 5.18. The molecule has 1 atom stereocenters. The minimum absolute atomic E-state index is 0.305. The third-order valence-electron chi connectivity index (χ3n) is 3.00. The van der Waals surface area contributed by atoms with Crippen molar-refractivity contribution >= 4 is 6.16 Å². The Morgan fingerprint density at radius 1 is 1.00 bits per heavy atom. The van der Waals surface area contributed by atoms with Crippen LogP contribution >= 0.6 is 0 Å². The lowest BCUT2D eigenvalue weighted by molar-refractivity contribution is 0.0292. The Bertz CT molecular complexity index is 522. The van der Waals surface area contributed by atoms with Crippen LogP contribution in [0.15, 0.2) is 60.7 Å². The van der Waals surface area contributed by atoms with Gasteiger partial charge in [-0.15, -0.1) is 0 Å². The average Bonchev–Trinajstić information content (AvgIpc) is 2.49. The maximum absolute atomic E-state index is 11.6. The van der Waals surface area contributed by atoms with Crippen LogP contribution in [-0.4, -0.2) is 12.8 Å². The van der Waals surface area contributed by atoms with Crippen LogP contribution in [0.2, 0.25) is 0 Å². The average molecular weight is 270 g/mol. The molecular formula is C17H18O3. The van der Waals surface area contributed by atoms with E-state index in [1.807, 2.05) is 67.6 Å². The number of carbonyl (C=O) groups is 1. The number of hydrogen-bond donors (Lipinski definition) is 0. The van der Waals surface area contributed by atoms with E-state index >= 15 is 0 Å². The van der Waals surface area contributed by atoms with Gasteiger partial charge in [-0.1, -0.05) is 60.7 Å². The van der Waals surface area contributed by atoms with Crippen LogP contribution < -0.4 is 0 Å². The summed E-state index contributed by atoms with van der Waals surface area (Å²) >= 11 is 0. The third-order valence-corrected chi connectivity index (χ3v) is 3.00. The Labute approximate surface area is 119 Å². The Hall–Kier alpha value is -2.29. The molecule has 0 radical (unpaired) electrons. The van der Waals surface area contributed by atoms with Gasteiger partial charge >= 0.3 is 6.16 Å². The topological polar surface area (TPSA) is 35.5 Å². The zero-order chi connectivity index (χ0) is 14.2. The lowest BCUT2D eigenvalue weighted by Crippen LogP contribution is -2.12. The first-order valence-corrected chi connectivity index (χ1v) is 6.68. The van der Waals surface area contributed by atoms with Gasteiger partial charge < -0.3 is 9.47 Å². The van der Waals surface area contributed by atoms with Crippen molar-refractivity contribution in [2.45, 2.75) is 19.4 Å². The zero-order valence-corrected chi connectivity index (χ0v) is 11.5. The van der Waals surface area contributed by atoms with Crippen molar-refractivity contribution in [1.82, 2.24) is 0 Å². The standard InChI is InChI=1S/C17H18O3/c1-14(16-10-6-3-7-11-16)20-17(18)19-13-12-15-8-4-2-5-9-15/h2-11,14H,12-13H2,1H3. The van der Waals surface area contributed by atoms with Crippen molar-refractivity contribution in [3.8, 4) is 0 Å². The van der Waals surface area contributed by atoms with Gasteiger partial charge in [0.05, 0.1) is 6.61 Å². The van der Waals surface area contributed by atoms with E-state index < -0.39 is 6.16 Å². The van der Waals surface area contributed by atoms with Gasteiger partial charge in [0.15, 0.2) is 0 Å². The van der Waals surface area contributed by atoms with Gasteiger partial charge in [0.2, 0.25) is 0 Å². The summed E-state index contributed by atoms with van der Waals surface area (Å²) in [4.78, 5) is 11.6. The summed E-state index contributed by atoms with van der Waals surface area (Å²) in [5.74, 6) is 0. The molecule has 0 bridgehead atoms. The first-order chi connectivity index (χ1) is 9.75. The molecule has 0 N–H and O–H groups in total. The molecule has 0 amide bonds. The molecule has 0 aliphatic rings. The molecule has 2 aromatic carbocycles. The Balaban J connectivity index is 1.73. The molecular weight excluding hydrogens is 252 g/mol. The normalized spacial score (nSPS) is 11.7. The van der Waals surface area contributed by atoms with E-state index in [0.29, 0.717) is 13.0 Å². The highest BCUT2D eigenvalue weighted by Crippen LogP contribution is 2.16. The molecule has 3 heteroatoms. The van der Waals surface area contributed by atoms with Gasteiger partial charge in [-0.3, -0.25) is 0 Å². The minimum Gasteiger partial charge on any atom is -0.434 e. The lowest BCUT2D eigenvalue weighted by atomic mass is 10.1. The number of hydrogen-bond acceptors (Lipinski definition) is 3. The van der Waals surface area contributed by atoms with Crippen LogP contribution in [0.4, 0.5) is 4.79 Å². The molecule has 3 nitrogen and oxygen atoms in total. The zero-order valence-electron chi connectivity index (χ0n) is 11.5. The van der Waals surface area contributed by atoms with E-state index in [1.165, 1.54) is 0 Å². The van der Waals surface area contributed by atoms with E-state index in [0.717, 1.165) is 11.1 Å². The SMILES string of the molecule is CC(OC(=O)OCCc1ccccc1)c1ccccc1. The summed E-state index contributed by atoms with van der Waals surface area (Å²) in [6, 6.07) is 19.5. The van der Waals surface area contributed by atoms with Gasteiger partial charge in [-0.05, 0) is 18.1 Å². The number of benzene rings is 2. The summed E-state index contributed by atoms with van der Waals surface area (Å²) in [5.41, 5.74) is 2.09. The molecule has 0 saturated heterocycles. The van der Waals surface area contributed by atoms with Crippen LogP contribution in [0, 0.1) is 0 Å². The van der Waals surface area contributed by atoms with Gasteiger partial charge in [-0.25, -0.2) is 4.79 Å². The van der Waals surface area contributed by atoms with Gasteiger partial charge in [-0.2, -0.15) is 0 Å². The predicted molar refractivity (Wildman–Crippen MR) is 77.4 cm³/mol. The second kappa shape index (κ2) is 7.34. The van der Waals surface area contributed by atoms with Crippen molar-refractivity contribution in [2.75, 3.05) is 6.61 Å². The molecule has 0 fully saturated rings. The second-order valence-electron chi connectivity index (χ2n) is 4.50. The first kappa shape index (κ1) is 14.1. The highest BCUT2D eigenvalue weighted by Gasteiger charge is 2.12. The van der Waals surface area contributed by atoms with E-state index in [2.05, 4.69) is 0 Å². The third kappa shape index (κ3) is 4.43. The summed E-state index contributed by atoms with van der Waals surface area (Å²) < 4.78 is 10.3. The highest BCUT2D eigenvalue weighted by atomic mass is 16.7. The van der Waals surface area contributed by atoms with Crippen LogP contribution in [0.1, 0.15) is 24.2 Å². The highest BCUT2D eigenvalue weighted by molar-refractivity contribution is 5.60. The molecule has 0 aliphatic carbocycles.